The van der Waals surface area contributed by atoms with Crippen molar-refractivity contribution < 1.29 is 23.9 Å². The number of anilines is 1. The van der Waals surface area contributed by atoms with Crippen LogP contribution in [0.2, 0.25) is 5.02 Å². The molecule has 0 spiro atoms. The van der Waals surface area contributed by atoms with E-state index in [1.54, 1.807) is 36.4 Å². The summed E-state index contributed by atoms with van der Waals surface area (Å²) in [5.74, 6) is -2.56. The fourth-order valence-electron chi connectivity index (χ4n) is 2.80. The molecule has 144 valence electrons. The lowest BCUT2D eigenvalue weighted by Crippen LogP contribution is -2.45. The molecule has 0 aromatic heterocycles. The highest BCUT2D eigenvalue weighted by Crippen LogP contribution is 2.25. The molecule has 0 radical (unpaired) electrons. The number of amides is 3. The third-order valence-corrected chi connectivity index (χ3v) is 4.54. The first-order chi connectivity index (χ1) is 13.3. The molecule has 2 aromatic rings. The molecule has 8 heteroatoms. The van der Waals surface area contributed by atoms with E-state index in [0.717, 1.165) is 4.90 Å². The summed E-state index contributed by atoms with van der Waals surface area (Å²) in [4.78, 5) is 50.4. The maximum absolute atomic E-state index is 12.5. The van der Waals surface area contributed by atoms with Crippen molar-refractivity contribution in [3.8, 4) is 0 Å². The Labute approximate surface area is 166 Å². The molecule has 0 fully saturated rings. The molecule has 1 heterocycles. The number of esters is 1. The van der Waals surface area contributed by atoms with Crippen LogP contribution < -0.4 is 5.32 Å². The number of carbonyl (C=O) groups excluding carboxylic acids is 4. The monoisotopic (exact) mass is 400 g/mol. The van der Waals surface area contributed by atoms with Crippen LogP contribution in [0, 0.1) is 0 Å². The molecule has 1 aliphatic rings. The molecule has 7 nitrogen and oxygen atoms in total. The Balaban J connectivity index is 1.65. The quantitative estimate of drug-likeness (QED) is 0.615. The van der Waals surface area contributed by atoms with Crippen LogP contribution in [0.15, 0.2) is 48.5 Å². The smallest absolute Gasteiger partial charge is 0.329 e. The van der Waals surface area contributed by atoms with Crippen molar-refractivity contribution in [1.82, 2.24) is 4.90 Å². The predicted octanol–water partition coefficient (Wildman–Crippen LogP) is 2.89. The van der Waals surface area contributed by atoms with Crippen molar-refractivity contribution in [3.63, 3.8) is 0 Å². The number of nitrogens with zero attached hydrogens (tertiary/aromatic N) is 1. The van der Waals surface area contributed by atoms with Crippen LogP contribution in [-0.4, -0.2) is 40.7 Å². The van der Waals surface area contributed by atoms with Gasteiger partial charge in [-0.15, -0.1) is 0 Å². The molecule has 3 amide bonds. The van der Waals surface area contributed by atoms with E-state index in [4.69, 9.17) is 16.3 Å². The Morgan fingerprint density at radius 1 is 1.00 bits per heavy atom. The molecule has 3 rings (SSSR count). The molecule has 1 N–H and O–H groups in total. The highest BCUT2D eigenvalue weighted by molar-refractivity contribution is 6.30. The number of halogens is 1. The van der Waals surface area contributed by atoms with Gasteiger partial charge in [0.15, 0.2) is 6.10 Å². The lowest BCUT2D eigenvalue weighted by atomic mass is 10.1. The Kier molecular flexibility index (Phi) is 5.46. The number of rotatable bonds is 5. The van der Waals surface area contributed by atoms with Gasteiger partial charge in [0.25, 0.3) is 17.7 Å². The van der Waals surface area contributed by atoms with Gasteiger partial charge in [-0.2, -0.15) is 0 Å². The van der Waals surface area contributed by atoms with Crippen LogP contribution in [-0.2, 0) is 14.3 Å². The van der Waals surface area contributed by atoms with Crippen LogP contribution in [0.5, 0.6) is 0 Å². The van der Waals surface area contributed by atoms with E-state index in [2.05, 4.69) is 5.32 Å². The number of nitrogens with one attached hydrogen (secondary N) is 1. The van der Waals surface area contributed by atoms with Crippen LogP contribution in [0.3, 0.4) is 0 Å². The molecule has 28 heavy (non-hydrogen) atoms. The molecule has 0 saturated heterocycles. The summed E-state index contributed by atoms with van der Waals surface area (Å²) in [7, 11) is 0. The zero-order chi connectivity index (χ0) is 20.4. The Morgan fingerprint density at radius 2 is 1.61 bits per heavy atom. The number of hydrogen-bond donors (Lipinski definition) is 1. The number of fused-ring (bicyclic) bond motifs is 1. The molecular formula is C20H17ClN2O5. The van der Waals surface area contributed by atoms with Gasteiger partial charge in [0.2, 0.25) is 0 Å². The predicted molar refractivity (Wildman–Crippen MR) is 102 cm³/mol. The summed E-state index contributed by atoms with van der Waals surface area (Å²) in [6.45, 7) is 2.78. The van der Waals surface area contributed by atoms with Crippen molar-refractivity contribution in [2.45, 2.75) is 26.0 Å². The van der Waals surface area contributed by atoms with Crippen molar-refractivity contribution in [1.29, 1.82) is 0 Å². The molecule has 0 bridgehead atoms. The average Bonchev–Trinajstić information content (AvgIpc) is 2.92. The van der Waals surface area contributed by atoms with Crippen LogP contribution in [0.25, 0.3) is 0 Å². The maximum atomic E-state index is 12.5. The number of hydrogen-bond acceptors (Lipinski definition) is 5. The number of ether oxygens (including phenoxy) is 1. The summed E-state index contributed by atoms with van der Waals surface area (Å²) >= 11 is 5.87. The number of benzene rings is 2. The topological polar surface area (TPSA) is 92.8 Å². The van der Waals surface area contributed by atoms with Gasteiger partial charge in [-0.1, -0.05) is 29.8 Å². The van der Waals surface area contributed by atoms with Crippen molar-refractivity contribution in [3.05, 3.63) is 64.7 Å². The minimum atomic E-state index is -1.17. The fraction of sp³-hybridized carbons (Fsp3) is 0.200. The van der Waals surface area contributed by atoms with E-state index in [1.807, 2.05) is 0 Å². The normalized spacial score (nSPS) is 15.0. The average molecular weight is 401 g/mol. The molecule has 1 aliphatic heterocycles. The molecule has 0 aliphatic carbocycles. The van der Waals surface area contributed by atoms with Gasteiger partial charge in [-0.05, 0) is 44.2 Å². The van der Waals surface area contributed by atoms with Gasteiger partial charge in [-0.25, -0.2) is 4.79 Å². The van der Waals surface area contributed by atoms with E-state index in [9.17, 15) is 19.2 Å². The van der Waals surface area contributed by atoms with E-state index >= 15 is 0 Å². The third-order valence-electron chi connectivity index (χ3n) is 4.31. The summed E-state index contributed by atoms with van der Waals surface area (Å²) in [5, 5.41) is 3.03. The van der Waals surface area contributed by atoms with Crippen molar-refractivity contribution in [2.75, 3.05) is 5.32 Å². The molecular weight excluding hydrogens is 384 g/mol. The SMILES string of the molecule is CC(OC(=O)C(C)N1C(=O)c2ccccc2C1=O)C(=O)Nc1cccc(Cl)c1. The molecule has 0 saturated carbocycles. The zero-order valence-electron chi connectivity index (χ0n) is 15.1. The first kappa shape index (κ1) is 19.6. The van der Waals surface area contributed by atoms with Gasteiger partial charge in [0.1, 0.15) is 6.04 Å². The zero-order valence-corrected chi connectivity index (χ0v) is 15.9. The van der Waals surface area contributed by atoms with E-state index < -0.39 is 35.8 Å². The van der Waals surface area contributed by atoms with Crippen molar-refractivity contribution in [2.24, 2.45) is 0 Å². The van der Waals surface area contributed by atoms with Crippen LogP contribution in [0.1, 0.15) is 34.6 Å². The largest absolute Gasteiger partial charge is 0.451 e. The van der Waals surface area contributed by atoms with Crippen LogP contribution >= 0.6 is 11.6 Å². The second-order valence-electron chi connectivity index (χ2n) is 6.28. The van der Waals surface area contributed by atoms with Gasteiger partial charge >= 0.3 is 5.97 Å². The minimum Gasteiger partial charge on any atom is -0.451 e. The summed E-state index contributed by atoms with van der Waals surface area (Å²) in [5.41, 5.74) is 0.923. The summed E-state index contributed by atoms with van der Waals surface area (Å²) in [6, 6.07) is 11.7. The van der Waals surface area contributed by atoms with E-state index in [-0.39, 0.29) is 11.1 Å². The van der Waals surface area contributed by atoms with Crippen LogP contribution in [0.4, 0.5) is 5.69 Å². The molecule has 2 aromatic carbocycles. The Morgan fingerprint density at radius 3 is 2.18 bits per heavy atom. The summed E-state index contributed by atoms with van der Waals surface area (Å²) < 4.78 is 5.15. The summed E-state index contributed by atoms with van der Waals surface area (Å²) in [6.07, 6.45) is -1.14. The maximum Gasteiger partial charge on any atom is 0.329 e. The minimum absolute atomic E-state index is 0.235. The first-order valence-electron chi connectivity index (χ1n) is 8.53. The van der Waals surface area contributed by atoms with Crippen molar-refractivity contribution >= 4 is 41.0 Å². The van der Waals surface area contributed by atoms with Gasteiger partial charge in [0.05, 0.1) is 11.1 Å². The fourth-order valence-corrected chi connectivity index (χ4v) is 2.99. The standard InChI is InChI=1S/C20H17ClN2O5/c1-11(23-18(25)15-8-3-4-9-16(15)19(23)26)20(27)28-12(2)17(24)22-14-7-5-6-13(21)10-14/h3-12H,1-2H3,(H,22,24). The lowest BCUT2D eigenvalue weighted by Gasteiger charge is -2.22. The van der Waals surface area contributed by atoms with Gasteiger partial charge in [-0.3, -0.25) is 19.3 Å². The van der Waals surface area contributed by atoms with E-state index in [0.29, 0.717) is 10.7 Å². The second kappa shape index (κ2) is 7.82. The lowest BCUT2D eigenvalue weighted by molar-refractivity contribution is -0.156. The third kappa shape index (κ3) is 3.75. The Bertz CT molecular complexity index is 940. The molecule has 2 unspecified atom stereocenters. The Hall–Kier alpha value is -3.19. The van der Waals surface area contributed by atoms with Gasteiger partial charge < -0.3 is 10.1 Å². The number of imide groups is 1. The highest BCUT2D eigenvalue weighted by Gasteiger charge is 2.41. The molecule has 2 atom stereocenters. The first-order valence-corrected chi connectivity index (χ1v) is 8.91. The highest BCUT2D eigenvalue weighted by atomic mass is 35.5. The van der Waals surface area contributed by atoms with Gasteiger partial charge in [0, 0.05) is 10.7 Å². The second-order valence-corrected chi connectivity index (χ2v) is 6.72. The van der Waals surface area contributed by atoms with E-state index in [1.165, 1.54) is 26.0 Å². The number of carbonyl (C=O) groups is 4.